The van der Waals surface area contributed by atoms with E-state index in [1.165, 1.54) is 25.6 Å². The van der Waals surface area contributed by atoms with Gasteiger partial charge in [0.25, 0.3) is 0 Å². The molecule has 1 aromatic carbocycles. The quantitative estimate of drug-likeness (QED) is 0.618. The first-order chi connectivity index (χ1) is 9.29. The second-order valence-electron chi connectivity index (χ2n) is 4.62. The van der Waals surface area contributed by atoms with Gasteiger partial charge in [-0.05, 0) is 54.1 Å². The maximum Gasteiger partial charge on any atom is 0.154 e. The molecule has 0 amide bonds. The van der Waals surface area contributed by atoms with Crippen LogP contribution < -0.4 is 10.6 Å². The van der Waals surface area contributed by atoms with Crippen molar-refractivity contribution in [3.63, 3.8) is 0 Å². The van der Waals surface area contributed by atoms with Crippen molar-refractivity contribution in [3.05, 3.63) is 45.8 Å². The number of hydrogen-bond donors (Lipinski definition) is 1. The van der Waals surface area contributed by atoms with E-state index in [4.69, 9.17) is 0 Å². The van der Waals surface area contributed by atoms with Gasteiger partial charge in [0.15, 0.2) is 5.82 Å². The van der Waals surface area contributed by atoms with Gasteiger partial charge in [-0.3, -0.25) is 4.98 Å². The maximum absolute atomic E-state index is 13.8. The maximum atomic E-state index is 13.8. The number of pyridine rings is 1. The molecule has 0 bridgehead atoms. The Kier molecular flexibility index (Phi) is 4.44. The molecule has 0 unspecified atom stereocenters. The van der Waals surface area contributed by atoms with Gasteiger partial charge in [-0.1, -0.05) is 0 Å². The molecule has 0 aliphatic heterocycles. The van der Waals surface area contributed by atoms with Crippen molar-refractivity contribution in [3.8, 4) is 0 Å². The van der Waals surface area contributed by atoms with Crippen molar-refractivity contribution in [2.75, 3.05) is 18.6 Å². The Labute approximate surface area is 129 Å². The lowest BCUT2D eigenvalue weighted by Gasteiger charge is -2.15. The van der Waals surface area contributed by atoms with Gasteiger partial charge in [-0.2, -0.15) is 0 Å². The van der Waals surface area contributed by atoms with E-state index in [0.29, 0.717) is 0 Å². The number of benzene rings is 1. The minimum atomic E-state index is -2.86. The summed E-state index contributed by atoms with van der Waals surface area (Å²) in [4.78, 5) is 3.72. The number of aromatic nitrogens is 1. The minimum Gasteiger partial charge on any atom is -0.351 e. The van der Waals surface area contributed by atoms with E-state index < -0.39 is 18.8 Å². The zero-order chi connectivity index (χ0) is 14.9. The third-order valence-corrected chi connectivity index (χ3v) is 4.81. The zero-order valence-corrected chi connectivity index (χ0v) is 13.9. The number of nitrogens with zero attached hydrogens (tertiary/aromatic N) is 1. The van der Waals surface area contributed by atoms with Crippen LogP contribution in [0.4, 0.5) is 20.2 Å². The number of rotatable bonds is 3. The summed E-state index contributed by atoms with van der Waals surface area (Å²) in [5.41, 5.74) is 0.408. The van der Waals surface area contributed by atoms with Crippen molar-refractivity contribution in [1.29, 1.82) is 0 Å². The lowest BCUT2D eigenvalue weighted by Crippen LogP contribution is -2.15. The fourth-order valence-corrected chi connectivity index (χ4v) is 3.52. The molecule has 2 rings (SSSR count). The smallest absolute Gasteiger partial charge is 0.154 e. The van der Waals surface area contributed by atoms with Crippen LogP contribution in [-0.2, 0) is 4.57 Å². The average molecular weight is 408 g/mol. The van der Waals surface area contributed by atoms with Crippen LogP contribution in [0.3, 0.4) is 0 Å². The van der Waals surface area contributed by atoms with Crippen LogP contribution in [-0.4, -0.2) is 18.3 Å². The Morgan fingerprint density at radius 3 is 2.45 bits per heavy atom. The molecule has 1 heterocycles. The highest BCUT2D eigenvalue weighted by Gasteiger charge is 2.22. The van der Waals surface area contributed by atoms with Gasteiger partial charge in [0.2, 0.25) is 0 Å². The lowest BCUT2D eigenvalue weighted by atomic mass is 10.3. The molecule has 0 fully saturated rings. The zero-order valence-electron chi connectivity index (χ0n) is 10.8. The Morgan fingerprint density at radius 2 is 1.85 bits per heavy atom. The molecule has 0 aliphatic carbocycles. The summed E-state index contributed by atoms with van der Waals surface area (Å²) in [7, 11) is -2.86. The first-order valence-corrected chi connectivity index (χ1v) is 9.38. The van der Waals surface area contributed by atoms with Crippen LogP contribution in [0.25, 0.3) is 0 Å². The van der Waals surface area contributed by atoms with Gasteiger partial charge >= 0.3 is 0 Å². The number of hydrogen-bond acceptors (Lipinski definition) is 3. The molecule has 0 atom stereocenters. The van der Waals surface area contributed by atoms with Crippen molar-refractivity contribution in [1.82, 2.24) is 4.98 Å². The second-order valence-corrected chi connectivity index (χ2v) is 9.01. The van der Waals surface area contributed by atoms with E-state index in [1.807, 2.05) is 22.6 Å². The summed E-state index contributed by atoms with van der Waals surface area (Å²) in [6.07, 6.45) is 2.35. The summed E-state index contributed by atoms with van der Waals surface area (Å²) in [6.45, 7) is 2.92. The Balaban J connectivity index is 2.49. The van der Waals surface area contributed by atoms with Crippen LogP contribution >= 0.6 is 29.7 Å². The molecule has 0 aliphatic rings. The van der Waals surface area contributed by atoms with Gasteiger partial charge in [0.1, 0.15) is 13.0 Å². The number of nitrogens with one attached hydrogen (secondary N) is 1. The van der Waals surface area contributed by atoms with Crippen LogP contribution in [0.1, 0.15) is 0 Å². The van der Waals surface area contributed by atoms with E-state index >= 15 is 0 Å². The van der Waals surface area contributed by atoms with Crippen molar-refractivity contribution < 1.29 is 13.3 Å². The van der Waals surface area contributed by atoms with Gasteiger partial charge in [0.05, 0.1) is 29.1 Å². The van der Waals surface area contributed by atoms with Crippen molar-refractivity contribution in [2.45, 2.75) is 0 Å². The molecular weight excluding hydrogens is 396 g/mol. The fourth-order valence-electron chi connectivity index (χ4n) is 1.80. The Morgan fingerprint density at radius 1 is 1.15 bits per heavy atom. The molecule has 0 spiro atoms. The van der Waals surface area contributed by atoms with E-state index in [1.54, 1.807) is 12.1 Å². The molecule has 1 N–H and O–H groups in total. The molecule has 1 aromatic heterocycles. The second kappa shape index (κ2) is 5.77. The topological polar surface area (TPSA) is 42.0 Å². The SMILES string of the molecule is CP(C)(=O)c1c(F)cncc1Nc1ccc(I)cc1F. The Hall–Kier alpha value is -1.01. The lowest BCUT2D eigenvalue weighted by molar-refractivity contribution is 0.584. The highest BCUT2D eigenvalue weighted by molar-refractivity contribution is 14.1. The van der Waals surface area contributed by atoms with Gasteiger partial charge in [-0.25, -0.2) is 8.78 Å². The summed E-state index contributed by atoms with van der Waals surface area (Å²) in [6, 6.07) is 4.62. The molecule has 106 valence electrons. The highest BCUT2D eigenvalue weighted by Crippen LogP contribution is 2.39. The first-order valence-electron chi connectivity index (χ1n) is 5.70. The molecule has 0 radical (unpaired) electrons. The predicted molar refractivity (Wildman–Crippen MR) is 85.7 cm³/mol. The summed E-state index contributed by atoms with van der Waals surface area (Å²) in [5, 5.41) is 2.81. The molecule has 3 nitrogen and oxygen atoms in total. The van der Waals surface area contributed by atoms with Gasteiger partial charge < -0.3 is 9.88 Å². The predicted octanol–water partition coefficient (Wildman–Crippen LogP) is 3.96. The Bertz CT molecular complexity index is 703. The average Bonchev–Trinajstić information content (AvgIpc) is 2.31. The monoisotopic (exact) mass is 408 g/mol. The molecule has 20 heavy (non-hydrogen) atoms. The van der Waals surface area contributed by atoms with Crippen LogP contribution in [0.2, 0.25) is 0 Å². The molecule has 7 heteroatoms. The standard InChI is InChI=1S/C13H12F2IN2OP/c1-20(2,19)13-10(15)6-17-7-12(13)18-11-4-3-8(16)5-9(11)14/h3-7,18H,1-2H3. The highest BCUT2D eigenvalue weighted by atomic mass is 127. The largest absolute Gasteiger partial charge is 0.351 e. The summed E-state index contributed by atoms with van der Waals surface area (Å²) < 4.78 is 40.6. The van der Waals surface area contributed by atoms with Crippen molar-refractivity contribution >= 4 is 46.4 Å². The third-order valence-electron chi connectivity index (χ3n) is 2.61. The van der Waals surface area contributed by atoms with Crippen LogP contribution in [0, 0.1) is 15.2 Å². The fraction of sp³-hybridized carbons (Fsp3) is 0.154. The number of anilines is 2. The molecule has 0 saturated carbocycles. The van der Waals surface area contributed by atoms with Crippen LogP contribution in [0.15, 0.2) is 30.6 Å². The molecular formula is C13H12F2IN2OP. The summed E-state index contributed by atoms with van der Waals surface area (Å²) >= 11 is 1.99. The molecule has 0 saturated heterocycles. The van der Waals surface area contributed by atoms with E-state index in [0.717, 1.165) is 9.77 Å². The van der Waals surface area contributed by atoms with E-state index in [2.05, 4.69) is 10.3 Å². The van der Waals surface area contributed by atoms with Crippen LogP contribution in [0.5, 0.6) is 0 Å². The van der Waals surface area contributed by atoms with Gasteiger partial charge in [0, 0.05) is 3.57 Å². The minimum absolute atomic E-state index is 0.0467. The summed E-state index contributed by atoms with van der Waals surface area (Å²) in [5.74, 6) is -1.12. The van der Waals surface area contributed by atoms with Gasteiger partial charge in [-0.15, -0.1) is 0 Å². The number of halogens is 3. The normalized spacial score (nSPS) is 11.4. The third kappa shape index (κ3) is 3.35. The van der Waals surface area contributed by atoms with E-state index in [-0.39, 0.29) is 16.7 Å². The first kappa shape index (κ1) is 15.4. The molecule has 2 aromatic rings. The van der Waals surface area contributed by atoms with Crippen molar-refractivity contribution in [2.24, 2.45) is 0 Å². The van der Waals surface area contributed by atoms with E-state index in [9.17, 15) is 13.3 Å².